The minimum atomic E-state index is -0.445. The molecule has 0 aliphatic carbocycles. The van der Waals surface area contributed by atoms with Crippen molar-refractivity contribution in [2.45, 2.75) is 38.7 Å². The number of nitrogens with one attached hydrogen (secondary N) is 2. The molecule has 1 saturated heterocycles. The van der Waals surface area contributed by atoms with Crippen molar-refractivity contribution in [1.29, 1.82) is 0 Å². The van der Waals surface area contributed by atoms with Crippen LogP contribution in [0.2, 0.25) is 5.02 Å². The summed E-state index contributed by atoms with van der Waals surface area (Å²) in [6.45, 7) is 3.74. The minimum absolute atomic E-state index is 0.178. The number of hydrogen-bond acceptors (Lipinski definition) is 4. The largest absolute Gasteiger partial charge is 0.459 e. The van der Waals surface area contributed by atoms with E-state index in [1.165, 1.54) is 0 Å². The summed E-state index contributed by atoms with van der Waals surface area (Å²) >= 11 is 11.1. The molecule has 5 nitrogen and oxygen atoms in total. The molecule has 2 N–H and O–H groups in total. The fraction of sp³-hybridized carbons (Fsp3) is 0.438. The van der Waals surface area contributed by atoms with Crippen molar-refractivity contribution in [3.05, 3.63) is 29.3 Å². The maximum Gasteiger partial charge on any atom is 0.309 e. The van der Waals surface area contributed by atoms with E-state index in [4.69, 9.17) is 28.6 Å². The van der Waals surface area contributed by atoms with Gasteiger partial charge in [0.1, 0.15) is 5.60 Å². The number of carbonyl (C=O) groups excluding carboxylic acids is 2. The lowest BCUT2D eigenvalue weighted by atomic mass is 9.94. The molecule has 0 unspecified atom stereocenters. The van der Waals surface area contributed by atoms with Crippen LogP contribution in [-0.2, 0) is 14.3 Å². The van der Waals surface area contributed by atoms with Crippen LogP contribution in [-0.4, -0.2) is 22.6 Å². The summed E-state index contributed by atoms with van der Waals surface area (Å²) in [4.78, 5) is 23.6. The summed E-state index contributed by atoms with van der Waals surface area (Å²) < 4.78 is 5.24. The third-order valence-corrected chi connectivity index (χ3v) is 4.08. The standard InChI is InChI=1S/C16H19ClN2O3S/c1-16(2)9-10(14(21)22-16)7-8-13(20)19-15(23)18-12-6-4-3-5-11(12)17/h3-6,10H,7-9H2,1-2H3,(H2,18,19,20,23)/t10-/m1/s1. The fourth-order valence-corrected chi connectivity index (χ4v) is 2.91. The van der Waals surface area contributed by atoms with Gasteiger partial charge in [0, 0.05) is 6.42 Å². The molecular weight excluding hydrogens is 336 g/mol. The Morgan fingerprint density at radius 2 is 2.13 bits per heavy atom. The van der Waals surface area contributed by atoms with E-state index in [1.54, 1.807) is 18.2 Å². The highest BCUT2D eigenvalue weighted by molar-refractivity contribution is 7.80. The normalized spacial score (nSPS) is 19.1. The van der Waals surface area contributed by atoms with Gasteiger partial charge in [-0.25, -0.2) is 0 Å². The Hall–Kier alpha value is -1.66. The first-order valence-electron chi connectivity index (χ1n) is 7.35. The predicted molar refractivity (Wildman–Crippen MR) is 93.3 cm³/mol. The lowest BCUT2D eigenvalue weighted by molar-refractivity contribution is -0.148. The molecule has 2 rings (SSSR count). The number of amides is 1. The van der Waals surface area contributed by atoms with Crippen LogP contribution < -0.4 is 10.6 Å². The number of benzene rings is 1. The van der Waals surface area contributed by atoms with Crippen LogP contribution in [0.25, 0.3) is 0 Å². The topological polar surface area (TPSA) is 67.4 Å². The van der Waals surface area contributed by atoms with Crippen LogP contribution in [0.4, 0.5) is 5.69 Å². The van der Waals surface area contributed by atoms with Gasteiger partial charge < -0.3 is 15.4 Å². The van der Waals surface area contributed by atoms with Crippen molar-refractivity contribution in [2.24, 2.45) is 5.92 Å². The van der Waals surface area contributed by atoms with Crippen molar-refractivity contribution in [3.8, 4) is 0 Å². The third kappa shape index (κ3) is 5.18. The fourth-order valence-electron chi connectivity index (χ4n) is 2.50. The van der Waals surface area contributed by atoms with Crippen molar-refractivity contribution < 1.29 is 14.3 Å². The lowest BCUT2D eigenvalue weighted by Gasteiger charge is -2.14. The molecule has 124 valence electrons. The summed E-state index contributed by atoms with van der Waals surface area (Å²) in [5, 5.41) is 6.14. The molecule has 0 aromatic heterocycles. The van der Waals surface area contributed by atoms with Crippen LogP contribution >= 0.6 is 23.8 Å². The highest BCUT2D eigenvalue weighted by Gasteiger charge is 2.39. The summed E-state index contributed by atoms with van der Waals surface area (Å²) in [5.74, 6) is -0.715. The molecule has 1 aliphatic rings. The van der Waals surface area contributed by atoms with E-state index in [9.17, 15) is 9.59 Å². The Balaban J connectivity index is 1.78. The number of rotatable bonds is 4. The highest BCUT2D eigenvalue weighted by atomic mass is 35.5. The number of para-hydroxylation sites is 1. The average Bonchev–Trinajstić information content (AvgIpc) is 2.71. The van der Waals surface area contributed by atoms with Gasteiger partial charge in [-0.2, -0.15) is 0 Å². The summed E-state index contributed by atoms with van der Waals surface area (Å²) in [6.07, 6.45) is 1.28. The van der Waals surface area contributed by atoms with E-state index in [0.29, 0.717) is 23.6 Å². The predicted octanol–water partition coefficient (Wildman–Crippen LogP) is 3.27. The zero-order chi connectivity index (χ0) is 17.0. The smallest absolute Gasteiger partial charge is 0.309 e. The molecule has 0 bridgehead atoms. The van der Waals surface area contributed by atoms with E-state index in [1.807, 2.05) is 19.9 Å². The van der Waals surface area contributed by atoms with E-state index in [2.05, 4.69) is 10.6 Å². The number of ether oxygens (including phenoxy) is 1. The molecule has 1 heterocycles. The van der Waals surface area contributed by atoms with Crippen molar-refractivity contribution in [1.82, 2.24) is 5.32 Å². The monoisotopic (exact) mass is 354 g/mol. The SMILES string of the molecule is CC1(C)C[C@@H](CCC(=O)NC(=S)Nc2ccccc2Cl)C(=O)O1. The molecule has 0 spiro atoms. The maximum absolute atomic E-state index is 11.9. The molecule has 1 amide bonds. The first kappa shape index (κ1) is 17.7. The number of esters is 1. The van der Waals surface area contributed by atoms with Gasteiger partial charge in [0.15, 0.2) is 5.11 Å². The van der Waals surface area contributed by atoms with Crippen LogP contribution in [0.3, 0.4) is 0 Å². The summed E-state index contributed by atoms with van der Waals surface area (Å²) in [7, 11) is 0. The molecule has 1 aromatic carbocycles. The molecule has 23 heavy (non-hydrogen) atoms. The Kier molecular flexibility index (Phi) is 5.59. The number of cyclic esters (lactones) is 1. The van der Waals surface area contributed by atoms with E-state index in [-0.39, 0.29) is 29.3 Å². The van der Waals surface area contributed by atoms with E-state index >= 15 is 0 Å². The van der Waals surface area contributed by atoms with Gasteiger partial charge in [0.05, 0.1) is 16.6 Å². The first-order valence-corrected chi connectivity index (χ1v) is 8.14. The van der Waals surface area contributed by atoms with Gasteiger partial charge in [-0.05, 0) is 51.0 Å². The number of halogens is 1. The Labute approximate surface area is 145 Å². The molecule has 0 radical (unpaired) electrons. The average molecular weight is 355 g/mol. The second kappa shape index (κ2) is 7.27. The van der Waals surface area contributed by atoms with Gasteiger partial charge >= 0.3 is 5.97 Å². The molecule has 1 aliphatic heterocycles. The number of thiocarbonyl (C=S) groups is 1. The second-order valence-corrected chi connectivity index (χ2v) is 6.92. The zero-order valence-electron chi connectivity index (χ0n) is 13.0. The lowest BCUT2D eigenvalue weighted by Crippen LogP contribution is -2.34. The van der Waals surface area contributed by atoms with Crippen molar-refractivity contribution in [3.63, 3.8) is 0 Å². The van der Waals surface area contributed by atoms with Gasteiger partial charge in [0.2, 0.25) is 5.91 Å². The summed E-state index contributed by atoms with van der Waals surface area (Å²) in [6, 6.07) is 7.10. The quantitative estimate of drug-likeness (QED) is 0.641. The number of carbonyl (C=O) groups is 2. The Morgan fingerprint density at radius 1 is 1.43 bits per heavy atom. The van der Waals surface area contributed by atoms with E-state index in [0.717, 1.165) is 0 Å². The van der Waals surface area contributed by atoms with Crippen molar-refractivity contribution >= 4 is 46.5 Å². The van der Waals surface area contributed by atoms with Crippen LogP contribution in [0.15, 0.2) is 24.3 Å². The molecule has 7 heteroatoms. The number of hydrogen-bond donors (Lipinski definition) is 2. The van der Waals surface area contributed by atoms with Crippen LogP contribution in [0.5, 0.6) is 0 Å². The van der Waals surface area contributed by atoms with E-state index < -0.39 is 5.60 Å². The molecule has 1 aromatic rings. The maximum atomic E-state index is 11.9. The van der Waals surface area contributed by atoms with Gasteiger partial charge in [-0.1, -0.05) is 23.7 Å². The van der Waals surface area contributed by atoms with Gasteiger partial charge in [-0.3, -0.25) is 9.59 Å². The molecule has 1 atom stereocenters. The summed E-state index contributed by atoms with van der Waals surface area (Å²) in [5.41, 5.74) is 0.180. The first-order chi connectivity index (χ1) is 10.8. The third-order valence-electron chi connectivity index (χ3n) is 3.54. The van der Waals surface area contributed by atoms with Gasteiger partial charge in [0.25, 0.3) is 0 Å². The zero-order valence-corrected chi connectivity index (χ0v) is 14.6. The molecule has 0 saturated carbocycles. The molecular formula is C16H19ClN2O3S. The minimum Gasteiger partial charge on any atom is -0.459 e. The van der Waals surface area contributed by atoms with Crippen LogP contribution in [0.1, 0.15) is 33.1 Å². The van der Waals surface area contributed by atoms with Crippen LogP contribution in [0, 0.1) is 5.92 Å². The highest BCUT2D eigenvalue weighted by Crippen LogP contribution is 2.32. The van der Waals surface area contributed by atoms with Gasteiger partial charge in [-0.15, -0.1) is 0 Å². The Morgan fingerprint density at radius 3 is 2.74 bits per heavy atom. The van der Waals surface area contributed by atoms with Crippen molar-refractivity contribution in [2.75, 3.05) is 5.32 Å². The second-order valence-electron chi connectivity index (χ2n) is 6.10. The Bertz CT molecular complexity index is 634. The molecule has 1 fully saturated rings. The number of anilines is 1.